The first-order valence-corrected chi connectivity index (χ1v) is 12.0. The molecule has 1 aliphatic heterocycles. The lowest BCUT2D eigenvalue weighted by molar-refractivity contribution is -0.118. The van der Waals surface area contributed by atoms with Crippen LogP contribution in [0.1, 0.15) is 24.0 Å². The van der Waals surface area contributed by atoms with Crippen molar-refractivity contribution in [2.24, 2.45) is 0 Å². The zero-order valence-electron chi connectivity index (χ0n) is 16.7. The lowest BCUT2D eigenvalue weighted by Gasteiger charge is -2.21. The number of nitrogens with one attached hydrogen (secondary N) is 1. The van der Waals surface area contributed by atoms with Gasteiger partial charge in [0.1, 0.15) is 0 Å². The number of hydrogen-bond acceptors (Lipinski definition) is 3. The zero-order valence-corrected chi connectivity index (χ0v) is 18.3. The molecule has 0 spiro atoms. The molecule has 3 aromatic carbocycles. The molecule has 1 fully saturated rings. The fraction of sp³-hybridized carbons (Fsp3) is 0.208. The lowest BCUT2D eigenvalue weighted by Crippen LogP contribution is -2.29. The Kier molecular flexibility index (Phi) is 4.79. The van der Waals surface area contributed by atoms with E-state index in [1.807, 2.05) is 42.5 Å². The molecule has 0 saturated heterocycles. The third kappa shape index (κ3) is 3.50. The van der Waals surface area contributed by atoms with Crippen molar-refractivity contribution < 1.29 is 13.2 Å². The van der Waals surface area contributed by atoms with Gasteiger partial charge in [-0.2, -0.15) is 0 Å². The number of fused-ring (bicyclic) bond motifs is 1. The molecule has 1 saturated carbocycles. The molecule has 5 rings (SSSR count). The van der Waals surface area contributed by atoms with Crippen molar-refractivity contribution in [3.63, 3.8) is 0 Å². The summed E-state index contributed by atoms with van der Waals surface area (Å²) in [5.41, 5.74) is 2.68. The van der Waals surface area contributed by atoms with Gasteiger partial charge in [-0.05, 0) is 66.8 Å². The van der Waals surface area contributed by atoms with E-state index in [9.17, 15) is 13.2 Å². The number of amides is 1. The van der Waals surface area contributed by atoms with Gasteiger partial charge in [-0.25, -0.2) is 8.42 Å². The Morgan fingerprint density at radius 3 is 2.35 bits per heavy atom. The third-order valence-corrected chi connectivity index (χ3v) is 8.19. The van der Waals surface area contributed by atoms with E-state index in [0.717, 1.165) is 24.0 Å². The van der Waals surface area contributed by atoms with E-state index in [0.29, 0.717) is 29.4 Å². The summed E-state index contributed by atoms with van der Waals surface area (Å²) in [6.07, 6.45) is 2.25. The summed E-state index contributed by atoms with van der Waals surface area (Å²) in [6, 6.07) is 21.4. The molecule has 7 heteroatoms. The summed E-state index contributed by atoms with van der Waals surface area (Å²) in [6.45, 7) is 0.367. The molecular formula is C24H21ClN2O3S. The van der Waals surface area contributed by atoms with Crippen molar-refractivity contribution in [1.29, 1.82) is 0 Å². The highest BCUT2D eigenvalue weighted by Crippen LogP contribution is 2.49. The van der Waals surface area contributed by atoms with Gasteiger partial charge in [0, 0.05) is 17.3 Å². The topological polar surface area (TPSA) is 66.5 Å². The van der Waals surface area contributed by atoms with Crippen LogP contribution >= 0.6 is 11.6 Å². The molecule has 1 amide bonds. The monoisotopic (exact) mass is 452 g/mol. The van der Waals surface area contributed by atoms with E-state index in [1.165, 1.54) is 16.4 Å². The van der Waals surface area contributed by atoms with Gasteiger partial charge in [0.2, 0.25) is 5.91 Å². The molecular weight excluding hydrogens is 432 g/mol. The van der Waals surface area contributed by atoms with Gasteiger partial charge in [0.15, 0.2) is 0 Å². The molecule has 0 unspecified atom stereocenters. The summed E-state index contributed by atoms with van der Waals surface area (Å²) in [7, 11) is -3.71. The Morgan fingerprint density at radius 1 is 0.968 bits per heavy atom. The third-order valence-electron chi connectivity index (χ3n) is 6.11. The summed E-state index contributed by atoms with van der Waals surface area (Å²) < 4.78 is 27.8. The SMILES string of the molecule is O=C(Nc1ccc2c(c1)N(S(=O)(=O)c1ccc(Cl)cc1)CC2)C1(c2ccccc2)CC1. The van der Waals surface area contributed by atoms with Crippen LogP contribution in [0.3, 0.4) is 0 Å². The zero-order chi connectivity index (χ0) is 21.6. The quantitative estimate of drug-likeness (QED) is 0.606. The van der Waals surface area contributed by atoms with Gasteiger partial charge in [-0.15, -0.1) is 0 Å². The number of anilines is 2. The van der Waals surface area contributed by atoms with E-state index in [4.69, 9.17) is 11.6 Å². The maximum Gasteiger partial charge on any atom is 0.264 e. The standard InChI is InChI=1S/C24H21ClN2O3S/c25-19-7-10-21(11-8-19)31(29,30)27-15-12-17-6-9-20(16-22(17)27)26-23(28)24(13-14-24)18-4-2-1-3-5-18/h1-11,16H,12-15H2,(H,26,28). The fourth-order valence-corrected chi connectivity index (χ4v) is 5.81. The second kappa shape index (κ2) is 7.39. The van der Waals surface area contributed by atoms with Crippen molar-refractivity contribution >= 4 is 38.9 Å². The number of carbonyl (C=O) groups excluding carboxylic acids is 1. The lowest BCUT2D eigenvalue weighted by atomic mass is 9.95. The minimum absolute atomic E-state index is 0.0521. The van der Waals surface area contributed by atoms with Gasteiger partial charge in [-0.3, -0.25) is 9.10 Å². The number of halogens is 1. The van der Waals surface area contributed by atoms with E-state index in [2.05, 4.69) is 5.32 Å². The van der Waals surface area contributed by atoms with Crippen LogP contribution in [0.2, 0.25) is 5.02 Å². The van der Waals surface area contributed by atoms with Crippen LogP contribution in [0.15, 0.2) is 77.7 Å². The van der Waals surface area contributed by atoms with Crippen molar-refractivity contribution in [3.05, 3.63) is 88.9 Å². The first-order chi connectivity index (χ1) is 14.9. The van der Waals surface area contributed by atoms with Crippen LogP contribution < -0.4 is 9.62 Å². The number of carbonyl (C=O) groups is 1. The van der Waals surface area contributed by atoms with Crippen LogP contribution in [0.25, 0.3) is 0 Å². The Balaban J connectivity index is 1.42. The Hall–Kier alpha value is -2.83. The molecule has 31 heavy (non-hydrogen) atoms. The van der Waals surface area contributed by atoms with Crippen LogP contribution in [0, 0.1) is 0 Å². The van der Waals surface area contributed by atoms with Gasteiger partial charge >= 0.3 is 0 Å². The Morgan fingerprint density at radius 2 is 1.68 bits per heavy atom. The maximum atomic E-state index is 13.2. The normalized spacial score (nSPS) is 16.6. The second-order valence-corrected chi connectivity index (χ2v) is 10.3. The van der Waals surface area contributed by atoms with E-state index in [1.54, 1.807) is 18.2 Å². The number of sulfonamides is 1. The molecule has 1 N–H and O–H groups in total. The average molecular weight is 453 g/mol. The fourth-order valence-electron chi connectivity index (χ4n) is 4.19. The smallest absolute Gasteiger partial charge is 0.264 e. The van der Waals surface area contributed by atoms with Crippen LogP contribution in [0.5, 0.6) is 0 Å². The predicted octanol–water partition coefficient (Wildman–Crippen LogP) is 4.76. The van der Waals surface area contributed by atoms with Crippen molar-refractivity contribution in [3.8, 4) is 0 Å². The van der Waals surface area contributed by atoms with Crippen molar-refractivity contribution in [1.82, 2.24) is 0 Å². The maximum absolute atomic E-state index is 13.2. The molecule has 158 valence electrons. The molecule has 5 nitrogen and oxygen atoms in total. The van der Waals surface area contributed by atoms with E-state index >= 15 is 0 Å². The predicted molar refractivity (Wildman–Crippen MR) is 122 cm³/mol. The summed E-state index contributed by atoms with van der Waals surface area (Å²) in [4.78, 5) is 13.3. The van der Waals surface area contributed by atoms with Crippen molar-refractivity contribution in [2.75, 3.05) is 16.2 Å². The number of hydrogen-bond donors (Lipinski definition) is 1. The minimum Gasteiger partial charge on any atom is -0.325 e. The highest BCUT2D eigenvalue weighted by Gasteiger charge is 2.51. The summed E-state index contributed by atoms with van der Waals surface area (Å²) >= 11 is 5.91. The summed E-state index contributed by atoms with van der Waals surface area (Å²) in [5.74, 6) is -0.0521. The van der Waals surface area contributed by atoms with Crippen LogP contribution in [0.4, 0.5) is 11.4 Å². The molecule has 0 aromatic heterocycles. The second-order valence-electron chi connectivity index (χ2n) is 8.03. The van der Waals surface area contributed by atoms with Crippen molar-refractivity contribution in [2.45, 2.75) is 29.6 Å². The number of nitrogens with zero attached hydrogens (tertiary/aromatic N) is 1. The van der Waals surface area contributed by atoms with Gasteiger partial charge in [0.25, 0.3) is 10.0 Å². The van der Waals surface area contributed by atoms with Gasteiger partial charge in [-0.1, -0.05) is 48.0 Å². The molecule has 1 aliphatic carbocycles. The first kappa shape index (κ1) is 20.1. The van der Waals surface area contributed by atoms with Gasteiger partial charge in [0.05, 0.1) is 16.0 Å². The molecule has 0 radical (unpaired) electrons. The summed E-state index contributed by atoms with van der Waals surface area (Å²) in [5, 5.41) is 3.50. The van der Waals surface area contributed by atoms with E-state index < -0.39 is 15.4 Å². The van der Waals surface area contributed by atoms with Crippen LogP contribution in [-0.4, -0.2) is 20.9 Å². The largest absolute Gasteiger partial charge is 0.325 e. The molecule has 0 atom stereocenters. The Bertz CT molecular complexity index is 1250. The molecule has 3 aromatic rings. The minimum atomic E-state index is -3.71. The molecule has 2 aliphatic rings. The van der Waals surface area contributed by atoms with Gasteiger partial charge < -0.3 is 5.32 Å². The van der Waals surface area contributed by atoms with E-state index in [-0.39, 0.29) is 10.8 Å². The average Bonchev–Trinajstić information content (AvgIpc) is 3.48. The molecule has 1 heterocycles. The highest BCUT2D eigenvalue weighted by atomic mass is 35.5. The number of benzene rings is 3. The molecule has 0 bridgehead atoms. The number of rotatable bonds is 5. The highest BCUT2D eigenvalue weighted by molar-refractivity contribution is 7.92. The Labute approximate surface area is 186 Å². The van der Waals surface area contributed by atoms with Crippen LogP contribution in [-0.2, 0) is 26.7 Å². The first-order valence-electron chi connectivity index (χ1n) is 10.2.